The molecule has 0 N–H and O–H groups in total. The maximum atomic E-state index is 13.1. The van der Waals surface area contributed by atoms with E-state index in [1.54, 1.807) is 75.7 Å². The van der Waals surface area contributed by atoms with Gasteiger partial charge in [-0.05, 0) is 173 Å². The molecule has 546 valence electrons. The van der Waals surface area contributed by atoms with Crippen molar-refractivity contribution in [1.82, 2.24) is 53.7 Å². The van der Waals surface area contributed by atoms with E-state index in [4.69, 9.17) is 0 Å². The van der Waals surface area contributed by atoms with Gasteiger partial charge in [-0.25, -0.2) is 4.98 Å². The molecule has 11 rings (SSSR count). The number of halogens is 12. The van der Waals surface area contributed by atoms with E-state index in [9.17, 15) is 52.7 Å². The first-order valence-electron chi connectivity index (χ1n) is 33.1. The van der Waals surface area contributed by atoms with Gasteiger partial charge in [-0.2, -0.15) is 52.7 Å². The lowest BCUT2D eigenvalue weighted by Crippen LogP contribution is -2.44. The van der Waals surface area contributed by atoms with Gasteiger partial charge in [0.25, 0.3) is 0 Å². The third kappa shape index (κ3) is 28.3. The normalized spacial score (nSPS) is 17.6. The largest absolute Gasteiger partial charge is 0.417 e. The molecule has 5 aromatic carbocycles. The lowest BCUT2D eigenvalue weighted by atomic mass is 10.0. The number of pyridine rings is 1. The zero-order chi connectivity index (χ0) is 72.3. The van der Waals surface area contributed by atoms with Gasteiger partial charge in [0.1, 0.15) is 0 Å². The summed E-state index contributed by atoms with van der Waals surface area (Å²) >= 11 is 0. The van der Waals surface area contributed by atoms with Gasteiger partial charge in [0.05, 0.1) is 34.3 Å². The van der Waals surface area contributed by atoms with E-state index in [-0.39, 0.29) is 7.43 Å². The Morgan fingerprint density at radius 3 is 1.17 bits per heavy atom. The van der Waals surface area contributed by atoms with E-state index in [0.717, 1.165) is 94.9 Å². The fourth-order valence-electron chi connectivity index (χ4n) is 11.7. The summed E-state index contributed by atoms with van der Waals surface area (Å²) in [6.07, 6.45) is -9.44. The van der Waals surface area contributed by atoms with E-state index in [2.05, 4.69) is 133 Å². The number of benzene rings is 5. The lowest BCUT2D eigenvalue weighted by Gasteiger charge is -2.32. The molecule has 2 atom stereocenters. The third-order valence-electron chi connectivity index (χ3n) is 17.7. The van der Waals surface area contributed by atoms with Crippen LogP contribution in [-0.4, -0.2) is 187 Å². The van der Waals surface area contributed by atoms with Gasteiger partial charge in [-0.15, -0.1) is 0 Å². The van der Waals surface area contributed by atoms with Crippen LogP contribution < -0.4 is 0 Å². The zero-order valence-electron chi connectivity index (χ0n) is 59.0. The average Bonchev–Trinajstić information content (AvgIpc) is 1.63. The lowest BCUT2D eigenvalue weighted by molar-refractivity contribution is -0.139. The van der Waals surface area contributed by atoms with Crippen LogP contribution in [0.1, 0.15) is 104 Å². The topological polar surface area (TPSA) is 56.6 Å². The fourth-order valence-corrected chi connectivity index (χ4v) is 11.7. The van der Waals surface area contributed by atoms with Crippen molar-refractivity contribution in [2.24, 2.45) is 0 Å². The monoisotopic (exact) mass is 1400 g/mol. The van der Waals surface area contributed by atoms with Gasteiger partial charge in [-0.1, -0.05) is 102 Å². The van der Waals surface area contributed by atoms with Crippen molar-refractivity contribution in [2.75, 3.05) is 121 Å². The van der Waals surface area contributed by atoms with Crippen molar-refractivity contribution in [3.63, 3.8) is 0 Å². The summed E-state index contributed by atoms with van der Waals surface area (Å²) in [4.78, 5) is 25.8. The Morgan fingerprint density at radius 2 is 0.798 bits per heavy atom. The molecule has 2 aromatic heterocycles. The van der Waals surface area contributed by atoms with Gasteiger partial charge in [0.2, 0.25) is 0 Å². The van der Waals surface area contributed by atoms with Gasteiger partial charge in [-0.3, -0.25) is 24.6 Å². The SMILES string of the molecule is C.Cc1cc(-n2cnc(C)c2)cc(C(F)(F)F)c1.Cc1ccc(CN2CCC(N(C)C)C2)c(C(F)(F)F)c1.Cc1ccc(CN2CCC(N(C)C)C2)cc1.Cc1ccc(CN2CCN(C)CC2)c(C(F)(F)F)c1.Cc1ccc(CN2CCN(C)CC2)cc1.Cc1cncc(C(F)(F)F)c1. The first-order valence-corrected chi connectivity index (χ1v) is 33.1. The molecule has 0 radical (unpaired) electrons. The number of rotatable bonds is 11. The summed E-state index contributed by atoms with van der Waals surface area (Å²) in [5.74, 6) is 0. The molecule has 0 saturated carbocycles. The first-order chi connectivity index (χ1) is 45.9. The zero-order valence-corrected chi connectivity index (χ0v) is 59.0. The van der Waals surface area contributed by atoms with Crippen LogP contribution in [0.5, 0.6) is 0 Å². The summed E-state index contributed by atoms with van der Waals surface area (Å²) in [5.41, 5.74) is 7.60. The molecular weight excluding hydrogens is 1290 g/mol. The molecule has 4 fully saturated rings. The van der Waals surface area contributed by atoms with Gasteiger partial charge in [0.15, 0.2) is 0 Å². The summed E-state index contributed by atoms with van der Waals surface area (Å²) < 4.78 is 154. The molecule has 6 heterocycles. The van der Waals surface area contributed by atoms with Crippen molar-refractivity contribution in [3.05, 3.63) is 218 Å². The Hall–Kier alpha value is -6.70. The summed E-state index contributed by atoms with van der Waals surface area (Å²) in [7, 11) is 12.6. The Balaban J connectivity index is 0.000000216. The molecule has 4 aliphatic rings. The van der Waals surface area contributed by atoms with Crippen LogP contribution in [0.4, 0.5) is 52.7 Å². The van der Waals surface area contributed by atoms with Crippen molar-refractivity contribution in [2.45, 2.75) is 132 Å². The molecule has 11 nitrogen and oxygen atoms in total. The second-order valence-electron chi connectivity index (χ2n) is 27.0. The second-order valence-corrected chi connectivity index (χ2v) is 27.0. The number of likely N-dealkylation sites (tertiary alicyclic amines) is 2. The highest BCUT2D eigenvalue weighted by Crippen LogP contribution is 2.36. The van der Waals surface area contributed by atoms with E-state index >= 15 is 0 Å². The van der Waals surface area contributed by atoms with Crippen molar-refractivity contribution in [3.8, 4) is 5.69 Å². The molecule has 4 aliphatic heterocycles. The van der Waals surface area contributed by atoms with Gasteiger partial charge >= 0.3 is 24.7 Å². The number of piperazine rings is 2. The molecule has 99 heavy (non-hydrogen) atoms. The highest BCUT2D eigenvalue weighted by atomic mass is 19.4. The summed E-state index contributed by atoms with van der Waals surface area (Å²) in [6.45, 7) is 28.0. The number of alkyl halides is 12. The van der Waals surface area contributed by atoms with E-state index < -0.39 is 47.0 Å². The van der Waals surface area contributed by atoms with Crippen LogP contribution in [0.15, 0.2) is 134 Å². The molecule has 0 amide bonds. The van der Waals surface area contributed by atoms with Crippen LogP contribution >= 0.6 is 0 Å². The third-order valence-corrected chi connectivity index (χ3v) is 17.7. The average molecular weight is 1400 g/mol. The van der Waals surface area contributed by atoms with E-state index in [0.29, 0.717) is 58.2 Å². The van der Waals surface area contributed by atoms with Gasteiger partial charge in [0, 0.05) is 141 Å². The van der Waals surface area contributed by atoms with Crippen LogP contribution in [-0.2, 0) is 50.9 Å². The molecule has 0 aliphatic carbocycles. The maximum Gasteiger partial charge on any atom is 0.417 e. The number of nitrogens with zero attached hydrogens (tertiary/aromatic N) is 11. The molecule has 0 spiro atoms. The minimum Gasteiger partial charge on any atom is -0.306 e. The van der Waals surface area contributed by atoms with Crippen molar-refractivity contribution < 1.29 is 52.7 Å². The second kappa shape index (κ2) is 37.8. The van der Waals surface area contributed by atoms with Crippen molar-refractivity contribution in [1.29, 1.82) is 0 Å². The quantitative estimate of drug-likeness (QED) is 0.117. The van der Waals surface area contributed by atoms with Gasteiger partial charge < -0.3 is 24.2 Å². The number of hydrogen-bond donors (Lipinski definition) is 0. The predicted octanol–water partition coefficient (Wildman–Crippen LogP) is 16.3. The molecule has 4 saturated heterocycles. The highest BCUT2D eigenvalue weighted by molar-refractivity contribution is 5.41. The van der Waals surface area contributed by atoms with E-state index in [1.807, 2.05) is 21.1 Å². The molecule has 7 aromatic rings. The van der Waals surface area contributed by atoms with Crippen molar-refractivity contribution >= 4 is 0 Å². The number of aryl methyl sites for hydroxylation is 7. The Kier molecular flexibility index (Phi) is 31.7. The number of aromatic nitrogens is 3. The van der Waals surface area contributed by atoms with Crippen LogP contribution in [0.3, 0.4) is 0 Å². The minimum absolute atomic E-state index is 0. The van der Waals surface area contributed by atoms with Crippen LogP contribution in [0.25, 0.3) is 5.69 Å². The Bertz CT molecular complexity index is 3510. The minimum atomic E-state index is -4.32. The molecule has 23 heteroatoms. The summed E-state index contributed by atoms with van der Waals surface area (Å²) in [6, 6.07) is 33.2. The molecule has 0 bridgehead atoms. The van der Waals surface area contributed by atoms with Crippen LogP contribution in [0.2, 0.25) is 0 Å². The van der Waals surface area contributed by atoms with E-state index in [1.165, 1.54) is 92.6 Å². The maximum absolute atomic E-state index is 13.1. The highest BCUT2D eigenvalue weighted by Gasteiger charge is 2.37. The predicted molar refractivity (Wildman–Crippen MR) is 374 cm³/mol. The number of hydrogen-bond acceptors (Lipinski definition) is 10. The Labute approximate surface area is 580 Å². The number of imidazole rings is 1. The molecule has 2 unspecified atom stereocenters. The van der Waals surface area contributed by atoms with Crippen LogP contribution in [0, 0.1) is 48.5 Å². The fraction of sp³-hybridized carbons (Fsp3) is 0.500. The smallest absolute Gasteiger partial charge is 0.306 e. The summed E-state index contributed by atoms with van der Waals surface area (Å²) in [5, 5.41) is 0. The number of likely N-dealkylation sites (N-methyl/N-ethyl adjacent to an activating group) is 4. The first kappa shape index (κ1) is 83.0. The Morgan fingerprint density at radius 1 is 0.404 bits per heavy atom. The molecular formula is C76H103F12N11. The standard InChI is InChI=1S/C15H21F3N2.C14H19F3N2.C14H22N2.C13H20N2.C12H11F3N2.C7H6F3N.CH4/c1-11-4-5-12(14(8-11)15(16,17)18)9-20-7-6-13(10-20)19(2)3;1-11-3-4-12(13(9-11)14(15,16)17)10-19-7-5-18(2)6-8-19;1-12-4-6-13(7-5-12)10-16-9-8-14(11-16)15(2)3;1-12-3-5-13(6-4-12)11-15-9-7-14(2)8-10-15;1-8-3-10(12(13,14)15)5-11(4-8)17-6-9(2)16-7-17;1-5-2-6(4-11-3-5)7(8,9)10;/h4-5,8,13H,6-7,9-10H2,1-3H3;3-4,9H,5-8,10H2,1-2H3;4-7,14H,8-11H2,1-3H3;3-6H,7-11H2,1-2H3;3-7H,1-2H3;2-4H,1H3;1H4.